The van der Waals surface area contributed by atoms with Crippen LogP contribution in [0, 0.1) is 13.8 Å². The summed E-state index contributed by atoms with van der Waals surface area (Å²) in [5.41, 5.74) is 4.28. The predicted octanol–water partition coefficient (Wildman–Crippen LogP) is 5.36. The van der Waals surface area contributed by atoms with Crippen LogP contribution >= 0.6 is 0 Å². The fraction of sp³-hybridized carbons (Fsp3) is 0.278. The minimum atomic E-state index is 0.358. The lowest BCUT2D eigenvalue weighted by molar-refractivity contribution is 0.467. The van der Waals surface area contributed by atoms with Gasteiger partial charge < -0.3 is 9.15 Å². The third-order valence-corrected chi connectivity index (χ3v) is 3.51. The van der Waals surface area contributed by atoms with Crippen LogP contribution in [0.3, 0.4) is 0 Å². The number of benzene rings is 1. The van der Waals surface area contributed by atoms with E-state index >= 15 is 0 Å². The molecular weight excluding hydrogens is 262 g/mol. The van der Waals surface area contributed by atoms with Gasteiger partial charge in [0.15, 0.2) is 0 Å². The molecule has 2 heterocycles. The molecule has 0 fully saturated rings. The normalized spacial score (nSPS) is 11.3. The maximum atomic E-state index is 6.03. The summed E-state index contributed by atoms with van der Waals surface area (Å²) in [5.74, 6) is 1.77. The first kappa shape index (κ1) is 13.7. The van der Waals surface area contributed by atoms with Gasteiger partial charge in [-0.1, -0.05) is 19.9 Å². The summed E-state index contributed by atoms with van der Waals surface area (Å²) in [4.78, 5) is 4.39. The highest BCUT2D eigenvalue weighted by Gasteiger charge is 2.16. The third kappa shape index (κ3) is 2.64. The molecule has 21 heavy (non-hydrogen) atoms. The van der Waals surface area contributed by atoms with Crippen molar-refractivity contribution in [3.63, 3.8) is 0 Å². The molecule has 0 radical (unpaired) electrons. The van der Waals surface area contributed by atoms with E-state index in [2.05, 4.69) is 38.7 Å². The molecule has 3 nitrogen and oxygen atoms in total. The van der Waals surface area contributed by atoms with Crippen LogP contribution in [-0.2, 0) is 0 Å². The molecule has 2 aromatic heterocycles. The Morgan fingerprint density at radius 3 is 2.48 bits per heavy atom. The van der Waals surface area contributed by atoms with Crippen molar-refractivity contribution in [3.05, 3.63) is 53.4 Å². The lowest BCUT2D eigenvalue weighted by atomic mass is 10.0. The van der Waals surface area contributed by atoms with Gasteiger partial charge >= 0.3 is 0 Å². The van der Waals surface area contributed by atoms with Crippen molar-refractivity contribution in [2.24, 2.45) is 0 Å². The lowest BCUT2D eigenvalue weighted by Gasteiger charge is -2.09. The first-order valence-electron chi connectivity index (χ1n) is 7.17. The molecule has 0 N–H and O–H groups in total. The Kier molecular flexibility index (Phi) is 3.42. The minimum Gasteiger partial charge on any atom is -0.464 e. The van der Waals surface area contributed by atoms with E-state index in [1.165, 1.54) is 11.1 Å². The lowest BCUT2D eigenvalue weighted by Crippen LogP contribution is -1.92. The number of rotatable bonds is 3. The molecule has 0 atom stereocenters. The Balaban J connectivity index is 2.09. The number of hydrogen-bond donors (Lipinski definition) is 0. The molecule has 0 aliphatic carbocycles. The fourth-order valence-electron chi connectivity index (χ4n) is 2.58. The molecule has 0 unspecified atom stereocenters. The van der Waals surface area contributed by atoms with Crippen LogP contribution < -0.4 is 4.74 Å². The van der Waals surface area contributed by atoms with Crippen LogP contribution in [0.2, 0.25) is 0 Å². The van der Waals surface area contributed by atoms with Gasteiger partial charge in [0.2, 0.25) is 5.88 Å². The van der Waals surface area contributed by atoms with Crippen LogP contribution in [0.1, 0.15) is 36.5 Å². The molecule has 0 aliphatic rings. The van der Waals surface area contributed by atoms with E-state index in [0.29, 0.717) is 11.8 Å². The van der Waals surface area contributed by atoms with Crippen LogP contribution in [-0.4, -0.2) is 4.98 Å². The summed E-state index contributed by atoms with van der Waals surface area (Å²) in [5, 5.41) is 0.964. The number of aryl methyl sites for hydroxylation is 2. The van der Waals surface area contributed by atoms with Crippen LogP contribution in [0.15, 0.2) is 41.1 Å². The molecular formula is C18H19NO2. The molecule has 0 bridgehead atoms. The van der Waals surface area contributed by atoms with Crippen molar-refractivity contribution < 1.29 is 9.15 Å². The summed E-state index contributed by atoms with van der Waals surface area (Å²) >= 11 is 0. The van der Waals surface area contributed by atoms with Gasteiger partial charge in [0.1, 0.15) is 11.3 Å². The molecule has 0 spiro atoms. The van der Waals surface area contributed by atoms with Gasteiger partial charge in [-0.25, -0.2) is 4.98 Å². The number of furan rings is 1. The molecule has 0 amide bonds. The van der Waals surface area contributed by atoms with E-state index < -0.39 is 0 Å². The highest BCUT2D eigenvalue weighted by atomic mass is 16.5. The first-order chi connectivity index (χ1) is 10.0. The van der Waals surface area contributed by atoms with E-state index in [1.807, 2.05) is 18.2 Å². The van der Waals surface area contributed by atoms with Gasteiger partial charge in [-0.2, -0.15) is 0 Å². The largest absolute Gasteiger partial charge is 0.464 e. The molecule has 3 rings (SSSR count). The van der Waals surface area contributed by atoms with E-state index in [1.54, 1.807) is 12.5 Å². The Labute approximate surface area is 124 Å². The topological polar surface area (TPSA) is 35.3 Å². The van der Waals surface area contributed by atoms with Gasteiger partial charge in [-0.15, -0.1) is 0 Å². The zero-order valence-electron chi connectivity index (χ0n) is 12.8. The maximum Gasteiger partial charge on any atom is 0.230 e. The standard InChI is InChI=1S/C18H19NO2/c1-11(2)15-10-20-16-5-6-19-18(17(15)16)21-14-8-12(3)7-13(4)9-14/h5-11H,1-4H3. The molecule has 1 aromatic carbocycles. The highest BCUT2D eigenvalue weighted by Crippen LogP contribution is 2.35. The molecule has 3 heteroatoms. The first-order valence-corrected chi connectivity index (χ1v) is 7.17. The van der Waals surface area contributed by atoms with E-state index in [4.69, 9.17) is 9.15 Å². The van der Waals surface area contributed by atoms with E-state index in [0.717, 1.165) is 22.3 Å². The Hall–Kier alpha value is -2.29. The highest BCUT2D eigenvalue weighted by molar-refractivity contribution is 5.86. The second-order valence-corrected chi connectivity index (χ2v) is 5.76. The number of aromatic nitrogens is 1. The summed E-state index contributed by atoms with van der Waals surface area (Å²) in [6.07, 6.45) is 3.51. The van der Waals surface area contributed by atoms with Gasteiger partial charge in [0, 0.05) is 17.8 Å². The van der Waals surface area contributed by atoms with Crippen molar-refractivity contribution in [2.45, 2.75) is 33.6 Å². The average Bonchev–Trinajstić information content (AvgIpc) is 2.82. The van der Waals surface area contributed by atoms with Crippen LogP contribution in [0.4, 0.5) is 0 Å². The van der Waals surface area contributed by atoms with Crippen molar-refractivity contribution in [1.29, 1.82) is 0 Å². The second-order valence-electron chi connectivity index (χ2n) is 5.76. The van der Waals surface area contributed by atoms with Crippen LogP contribution in [0.25, 0.3) is 11.0 Å². The predicted molar refractivity (Wildman–Crippen MR) is 84.1 cm³/mol. The van der Waals surface area contributed by atoms with E-state index in [9.17, 15) is 0 Å². The van der Waals surface area contributed by atoms with Crippen molar-refractivity contribution in [1.82, 2.24) is 4.98 Å². The zero-order valence-corrected chi connectivity index (χ0v) is 12.8. The van der Waals surface area contributed by atoms with Crippen molar-refractivity contribution >= 4 is 11.0 Å². The van der Waals surface area contributed by atoms with Crippen molar-refractivity contribution in [2.75, 3.05) is 0 Å². The molecule has 0 saturated carbocycles. The SMILES string of the molecule is Cc1cc(C)cc(Oc2nccc3occ(C(C)C)c23)c1. The second kappa shape index (κ2) is 5.24. The number of nitrogens with zero attached hydrogens (tertiary/aromatic N) is 1. The van der Waals surface area contributed by atoms with Gasteiger partial charge in [-0.3, -0.25) is 0 Å². The van der Waals surface area contributed by atoms with Crippen LogP contribution in [0.5, 0.6) is 11.6 Å². The summed E-state index contributed by atoms with van der Waals surface area (Å²) in [6.45, 7) is 8.40. The zero-order chi connectivity index (χ0) is 15.0. The average molecular weight is 281 g/mol. The number of fused-ring (bicyclic) bond motifs is 1. The van der Waals surface area contributed by atoms with Gasteiger partial charge in [0.05, 0.1) is 11.6 Å². The number of hydrogen-bond acceptors (Lipinski definition) is 3. The monoisotopic (exact) mass is 281 g/mol. The fourth-order valence-corrected chi connectivity index (χ4v) is 2.58. The molecule has 0 saturated heterocycles. The Bertz CT molecular complexity index is 767. The number of ether oxygens (including phenoxy) is 1. The quantitative estimate of drug-likeness (QED) is 0.648. The summed E-state index contributed by atoms with van der Waals surface area (Å²) < 4.78 is 11.6. The molecule has 0 aliphatic heterocycles. The maximum absolute atomic E-state index is 6.03. The minimum absolute atomic E-state index is 0.358. The van der Waals surface area contributed by atoms with Gasteiger partial charge in [0.25, 0.3) is 0 Å². The Morgan fingerprint density at radius 1 is 1.10 bits per heavy atom. The third-order valence-electron chi connectivity index (χ3n) is 3.51. The smallest absolute Gasteiger partial charge is 0.230 e. The summed E-state index contributed by atoms with van der Waals surface area (Å²) in [6, 6.07) is 8.03. The molecule has 108 valence electrons. The summed E-state index contributed by atoms with van der Waals surface area (Å²) in [7, 11) is 0. The van der Waals surface area contributed by atoms with Crippen molar-refractivity contribution in [3.8, 4) is 11.6 Å². The van der Waals surface area contributed by atoms with E-state index in [-0.39, 0.29) is 0 Å². The number of pyridine rings is 1. The van der Waals surface area contributed by atoms with Gasteiger partial charge in [-0.05, 0) is 43.0 Å². The molecule has 3 aromatic rings. The Morgan fingerprint density at radius 2 is 1.81 bits per heavy atom.